The normalized spacial score (nSPS) is 31.6. The second-order valence-corrected chi connectivity index (χ2v) is 9.01. The van der Waals surface area contributed by atoms with Crippen molar-refractivity contribution in [2.45, 2.75) is 72.1 Å². The summed E-state index contributed by atoms with van der Waals surface area (Å²) in [7, 11) is 4.48. The molecular formula is C17H41N4O4P. The van der Waals surface area contributed by atoms with Crippen LogP contribution in [-0.2, 0) is 9.09 Å². The fourth-order valence-corrected chi connectivity index (χ4v) is 3.58. The van der Waals surface area contributed by atoms with E-state index in [2.05, 4.69) is 80.0 Å². The summed E-state index contributed by atoms with van der Waals surface area (Å²) >= 11 is 0. The van der Waals surface area contributed by atoms with Crippen molar-refractivity contribution in [1.82, 2.24) is 19.6 Å². The van der Waals surface area contributed by atoms with Crippen molar-refractivity contribution in [1.29, 1.82) is 0 Å². The number of likely N-dealkylation sites (N-methyl/N-ethyl adjacent to an activating group) is 4. The Hall–Kier alpha value is -0.0500. The monoisotopic (exact) mass is 396 g/mol. The smallest absolute Gasteiger partial charge is 0.303 e. The molecule has 2 saturated heterocycles. The quantitative estimate of drug-likeness (QED) is 0.683. The first-order chi connectivity index (χ1) is 11.7. The minimum Gasteiger partial charge on any atom is -0.303 e. The molecule has 26 heavy (non-hydrogen) atoms. The molecule has 2 aliphatic heterocycles. The number of phosphoric acid groups is 1. The Balaban J connectivity index is 0.000000362. The second-order valence-electron chi connectivity index (χ2n) is 7.82. The van der Waals surface area contributed by atoms with Crippen LogP contribution in [0, 0.1) is 0 Å². The van der Waals surface area contributed by atoms with Gasteiger partial charge in [0.15, 0.2) is 0 Å². The lowest BCUT2D eigenvalue weighted by Crippen LogP contribution is -2.32. The van der Waals surface area contributed by atoms with E-state index >= 15 is 0 Å². The van der Waals surface area contributed by atoms with Crippen LogP contribution >= 0.6 is 7.82 Å². The lowest BCUT2D eigenvalue weighted by atomic mass is 10.3. The van der Waals surface area contributed by atoms with Crippen LogP contribution in [0.15, 0.2) is 0 Å². The van der Waals surface area contributed by atoms with Crippen LogP contribution in [0.1, 0.15) is 41.5 Å². The van der Waals surface area contributed by atoms with E-state index in [-0.39, 0.29) is 0 Å². The summed E-state index contributed by atoms with van der Waals surface area (Å²) in [6, 6.07) is 1.45. The van der Waals surface area contributed by atoms with E-state index in [9.17, 15) is 4.57 Å². The highest BCUT2D eigenvalue weighted by atomic mass is 31.2. The molecule has 4 atom stereocenters. The molecule has 2 fully saturated rings. The molecule has 2 N–H and O–H groups in total. The molecule has 158 valence electrons. The third-order valence-electron chi connectivity index (χ3n) is 5.30. The summed E-state index contributed by atoms with van der Waals surface area (Å²) in [6.07, 6.45) is 0.829. The second kappa shape index (κ2) is 11.1. The van der Waals surface area contributed by atoms with Gasteiger partial charge in [-0.2, -0.15) is 0 Å². The molecule has 0 spiro atoms. The van der Waals surface area contributed by atoms with Crippen LogP contribution in [0.3, 0.4) is 0 Å². The fourth-order valence-electron chi connectivity index (χ4n) is 3.03. The molecule has 0 aromatic carbocycles. The Labute approximate surface area is 160 Å². The largest absolute Gasteiger partial charge is 0.469 e. The van der Waals surface area contributed by atoms with Gasteiger partial charge >= 0.3 is 7.82 Å². The first-order valence-electron chi connectivity index (χ1n) is 9.25. The van der Waals surface area contributed by atoms with Crippen LogP contribution in [0.5, 0.6) is 0 Å². The predicted molar refractivity (Wildman–Crippen MR) is 107 cm³/mol. The van der Waals surface area contributed by atoms with Gasteiger partial charge in [-0.25, -0.2) is 4.57 Å². The maximum absolute atomic E-state index is 9.91. The van der Waals surface area contributed by atoms with Crippen LogP contribution < -0.4 is 0 Å². The van der Waals surface area contributed by atoms with E-state index in [0.717, 1.165) is 12.1 Å². The van der Waals surface area contributed by atoms with Gasteiger partial charge in [-0.05, 0) is 69.7 Å². The minimum atomic E-state index is -4.22. The van der Waals surface area contributed by atoms with Crippen LogP contribution in [0.2, 0.25) is 0 Å². The maximum Gasteiger partial charge on any atom is 0.469 e. The van der Waals surface area contributed by atoms with Gasteiger partial charge in [-0.15, -0.1) is 0 Å². The van der Waals surface area contributed by atoms with E-state index in [1.54, 1.807) is 13.8 Å². The molecule has 9 heteroatoms. The summed E-state index contributed by atoms with van der Waals surface area (Å²) in [4.78, 5) is 25.7. The van der Waals surface area contributed by atoms with Gasteiger partial charge in [0.05, 0.1) is 18.4 Å². The molecule has 0 radical (unpaired) electrons. The van der Waals surface area contributed by atoms with E-state index < -0.39 is 13.9 Å². The number of nitrogens with zero attached hydrogens (tertiary/aromatic N) is 4. The van der Waals surface area contributed by atoms with Crippen molar-refractivity contribution in [2.24, 2.45) is 0 Å². The topological polar surface area (TPSA) is 79.7 Å². The summed E-state index contributed by atoms with van der Waals surface area (Å²) < 4.78 is 14.0. The Morgan fingerprint density at radius 2 is 1.15 bits per heavy atom. The zero-order chi connectivity index (χ0) is 20.8. The van der Waals surface area contributed by atoms with Gasteiger partial charge < -0.3 is 9.79 Å². The number of rotatable bonds is 2. The van der Waals surface area contributed by atoms with Gasteiger partial charge in [0, 0.05) is 25.2 Å². The lowest BCUT2D eigenvalue weighted by molar-refractivity contribution is 0.156. The molecule has 4 unspecified atom stereocenters. The van der Waals surface area contributed by atoms with Crippen LogP contribution in [0.4, 0.5) is 0 Å². The van der Waals surface area contributed by atoms with Crippen molar-refractivity contribution >= 4 is 7.82 Å². The molecule has 2 heterocycles. The minimum absolute atomic E-state index is 0.421. The Morgan fingerprint density at radius 1 is 0.846 bits per heavy atom. The molecule has 0 aromatic heterocycles. The fraction of sp³-hybridized carbons (Fsp3) is 1.00. The number of hydrogen-bond acceptors (Lipinski definition) is 6. The molecule has 2 aliphatic rings. The zero-order valence-electron chi connectivity index (χ0n) is 18.2. The van der Waals surface area contributed by atoms with Crippen molar-refractivity contribution in [3.05, 3.63) is 0 Å². The predicted octanol–water partition coefficient (Wildman–Crippen LogP) is 1.70. The molecule has 0 aliphatic carbocycles. The molecule has 2 rings (SSSR count). The van der Waals surface area contributed by atoms with E-state index in [1.807, 2.05) is 0 Å². The standard InChI is InChI=1S/2C7H16N2.C3H9O4P/c2*1-6-5-8(3)7(2)9(6)4;1-3(2)7-8(4,5)6/h2*6-7H,5H2,1-4H3;3H,1-2H3,(H2,4,5,6). The van der Waals surface area contributed by atoms with Gasteiger partial charge in [-0.3, -0.25) is 24.1 Å². The van der Waals surface area contributed by atoms with Crippen LogP contribution in [0.25, 0.3) is 0 Å². The highest BCUT2D eigenvalue weighted by molar-refractivity contribution is 7.46. The van der Waals surface area contributed by atoms with Gasteiger partial charge in [-0.1, -0.05) is 0 Å². The van der Waals surface area contributed by atoms with Crippen molar-refractivity contribution in [3.8, 4) is 0 Å². The first-order valence-corrected chi connectivity index (χ1v) is 10.8. The molecular weight excluding hydrogens is 355 g/mol. The van der Waals surface area contributed by atoms with E-state index in [1.165, 1.54) is 13.1 Å². The first kappa shape index (κ1) is 26.0. The molecule has 0 aromatic rings. The highest BCUT2D eigenvalue weighted by Crippen LogP contribution is 2.37. The Kier molecular flexibility index (Phi) is 11.1. The number of hydrogen-bond donors (Lipinski definition) is 2. The Morgan fingerprint density at radius 3 is 1.19 bits per heavy atom. The van der Waals surface area contributed by atoms with Crippen molar-refractivity contribution in [3.63, 3.8) is 0 Å². The molecule has 0 saturated carbocycles. The highest BCUT2D eigenvalue weighted by Gasteiger charge is 2.28. The Bertz CT molecular complexity index is 398. The van der Waals surface area contributed by atoms with Crippen molar-refractivity contribution < 1.29 is 18.9 Å². The zero-order valence-corrected chi connectivity index (χ0v) is 19.1. The maximum atomic E-state index is 9.91. The molecule has 8 nitrogen and oxygen atoms in total. The third-order valence-corrected chi connectivity index (χ3v) is 5.99. The van der Waals surface area contributed by atoms with Gasteiger partial charge in [0.1, 0.15) is 0 Å². The SMILES string of the molecule is CC(C)OP(=O)(O)O.CC1CN(C)C(C)N1C.CC1CN(C)C(C)N1C. The van der Waals surface area contributed by atoms with E-state index in [0.29, 0.717) is 12.3 Å². The van der Waals surface area contributed by atoms with Gasteiger partial charge in [0.25, 0.3) is 0 Å². The third kappa shape index (κ3) is 9.24. The lowest BCUT2D eigenvalue weighted by Gasteiger charge is -2.21. The average Bonchev–Trinajstić information content (AvgIpc) is 2.82. The molecule has 0 bridgehead atoms. The average molecular weight is 397 g/mol. The molecule has 0 amide bonds. The summed E-state index contributed by atoms with van der Waals surface area (Å²) in [5.41, 5.74) is 0. The van der Waals surface area contributed by atoms with Crippen LogP contribution in [-0.4, -0.2) is 101 Å². The summed E-state index contributed by atoms with van der Waals surface area (Å²) in [5, 5.41) is 0. The number of phosphoric ester groups is 1. The van der Waals surface area contributed by atoms with Crippen molar-refractivity contribution in [2.75, 3.05) is 41.3 Å². The summed E-state index contributed by atoms with van der Waals surface area (Å²) in [5.74, 6) is 0. The van der Waals surface area contributed by atoms with Gasteiger partial charge in [0.2, 0.25) is 0 Å². The summed E-state index contributed by atoms with van der Waals surface area (Å²) in [6.45, 7) is 14.5. The van der Waals surface area contributed by atoms with E-state index in [4.69, 9.17) is 9.79 Å².